The fourth-order valence-electron chi connectivity index (χ4n) is 3.80. The largest absolute Gasteiger partial charge is 0.379 e. The van der Waals surface area contributed by atoms with E-state index >= 15 is 0 Å². The number of fused-ring (bicyclic) bond motifs is 1. The summed E-state index contributed by atoms with van der Waals surface area (Å²) in [5.41, 5.74) is 3.42. The zero-order valence-electron chi connectivity index (χ0n) is 16.5. The van der Waals surface area contributed by atoms with Crippen LogP contribution in [0.2, 0.25) is 5.02 Å². The Morgan fingerprint density at radius 2 is 1.94 bits per heavy atom. The molecule has 156 valence electrons. The molecule has 1 aliphatic heterocycles. The molecule has 0 aliphatic carbocycles. The van der Waals surface area contributed by atoms with Crippen molar-refractivity contribution in [3.8, 4) is 16.9 Å². The standard InChI is InChI=1S/C24H19ClFN3O2/c25-21-4-2-1-3-19(21)23-20-10-5-15(24(30)27-17-11-12-31-14-17)13-22(20)29(28-23)18-8-6-16(26)7-9-18/h1-10,13,17H,11-12,14H2,(H,27,30). The van der Waals surface area contributed by atoms with Crippen molar-refractivity contribution in [1.82, 2.24) is 15.1 Å². The van der Waals surface area contributed by atoms with Crippen molar-refractivity contribution < 1.29 is 13.9 Å². The first kappa shape index (κ1) is 19.7. The fourth-order valence-corrected chi connectivity index (χ4v) is 4.03. The van der Waals surface area contributed by atoms with Crippen LogP contribution in [0, 0.1) is 5.82 Å². The van der Waals surface area contributed by atoms with Crippen LogP contribution in [0.15, 0.2) is 66.7 Å². The van der Waals surface area contributed by atoms with Crippen molar-refractivity contribution in [2.75, 3.05) is 13.2 Å². The Hall–Kier alpha value is -3.22. The number of amides is 1. The van der Waals surface area contributed by atoms with Crippen LogP contribution in [0.1, 0.15) is 16.8 Å². The summed E-state index contributed by atoms with van der Waals surface area (Å²) in [7, 11) is 0. The molecule has 7 heteroatoms. The predicted molar refractivity (Wildman–Crippen MR) is 118 cm³/mol. The summed E-state index contributed by atoms with van der Waals surface area (Å²) in [6.45, 7) is 1.18. The van der Waals surface area contributed by atoms with Gasteiger partial charge in [-0.25, -0.2) is 9.07 Å². The molecule has 5 rings (SSSR count). The monoisotopic (exact) mass is 435 g/mol. The maximum atomic E-state index is 13.5. The third-order valence-electron chi connectivity index (χ3n) is 5.41. The van der Waals surface area contributed by atoms with Gasteiger partial charge in [-0.15, -0.1) is 0 Å². The van der Waals surface area contributed by atoms with Gasteiger partial charge in [-0.3, -0.25) is 4.79 Å². The van der Waals surface area contributed by atoms with Gasteiger partial charge in [0.2, 0.25) is 0 Å². The second kappa shape index (κ2) is 8.13. The minimum absolute atomic E-state index is 0.0175. The number of benzene rings is 3. The van der Waals surface area contributed by atoms with Gasteiger partial charge < -0.3 is 10.1 Å². The quantitative estimate of drug-likeness (QED) is 0.490. The maximum Gasteiger partial charge on any atom is 0.251 e. The van der Waals surface area contributed by atoms with Crippen LogP contribution >= 0.6 is 11.6 Å². The van der Waals surface area contributed by atoms with E-state index in [4.69, 9.17) is 21.4 Å². The highest BCUT2D eigenvalue weighted by molar-refractivity contribution is 6.33. The summed E-state index contributed by atoms with van der Waals surface area (Å²) in [6, 6.07) is 19.0. The molecule has 0 bridgehead atoms. The smallest absolute Gasteiger partial charge is 0.251 e. The lowest BCUT2D eigenvalue weighted by molar-refractivity contribution is 0.0930. The molecular weight excluding hydrogens is 417 g/mol. The first-order valence-corrected chi connectivity index (χ1v) is 10.4. The topological polar surface area (TPSA) is 56.1 Å². The molecule has 1 aliphatic rings. The van der Waals surface area contributed by atoms with Crippen LogP contribution in [0.4, 0.5) is 4.39 Å². The summed E-state index contributed by atoms with van der Waals surface area (Å²) in [6.07, 6.45) is 0.804. The third kappa shape index (κ3) is 3.80. The van der Waals surface area contributed by atoms with Crippen molar-refractivity contribution in [2.45, 2.75) is 12.5 Å². The van der Waals surface area contributed by atoms with Crippen molar-refractivity contribution >= 4 is 28.4 Å². The first-order valence-electron chi connectivity index (χ1n) is 10.0. The zero-order valence-corrected chi connectivity index (χ0v) is 17.3. The van der Waals surface area contributed by atoms with Gasteiger partial charge in [-0.1, -0.05) is 29.8 Å². The molecule has 1 atom stereocenters. The van der Waals surface area contributed by atoms with Crippen LogP contribution in [0.3, 0.4) is 0 Å². The summed E-state index contributed by atoms with van der Waals surface area (Å²) < 4.78 is 20.5. The SMILES string of the molecule is O=C(NC1CCOC1)c1ccc2c(-c3ccccc3Cl)nn(-c3ccc(F)cc3)c2c1. The second-order valence-corrected chi connectivity index (χ2v) is 7.89. The van der Waals surface area contributed by atoms with Crippen LogP contribution in [0.5, 0.6) is 0 Å². The Bertz CT molecular complexity index is 1260. The van der Waals surface area contributed by atoms with Gasteiger partial charge in [0, 0.05) is 23.1 Å². The van der Waals surface area contributed by atoms with E-state index in [0.717, 1.165) is 22.9 Å². The van der Waals surface area contributed by atoms with Gasteiger partial charge in [0.05, 0.1) is 28.9 Å². The minimum atomic E-state index is -0.328. The molecule has 1 N–H and O–H groups in total. The summed E-state index contributed by atoms with van der Waals surface area (Å²) >= 11 is 6.44. The number of nitrogens with one attached hydrogen (secondary N) is 1. The Morgan fingerprint density at radius 1 is 1.13 bits per heavy atom. The maximum absolute atomic E-state index is 13.5. The molecule has 1 fully saturated rings. The van der Waals surface area contributed by atoms with Gasteiger partial charge in [-0.2, -0.15) is 5.10 Å². The van der Waals surface area contributed by atoms with Crippen LogP contribution in [0.25, 0.3) is 27.8 Å². The van der Waals surface area contributed by atoms with E-state index < -0.39 is 0 Å². The summed E-state index contributed by atoms with van der Waals surface area (Å²) in [5.74, 6) is -0.492. The highest BCUT2D eigenvalue weighted by Gasteiger charge is 2.21. The summed E-state index contributed by atoms with van der Waals surface area (Å²) in [4.78, 5) is 12.8. The molecule has 0 radical (unpaired) electrons. The number of aromatic nitrogens is 2. The number of ether oxygens (including phenoxy) is 1. The molecule has 0 spiro atoms. The molecule has 3 aromatic carbocycles. The molecule has 2 heterocycles. The normalized spacial score (nSPS) is 16.0. The number of hydrogen-bond acceptors (Lipinski definition) is 3. The average Bonchev–Trinajstić information content (AvgIpc) is 3.42. The lowest BCUT2D eigenvalue weighted by Gasteiger charge is -2.11. The van der Waals surface area contributed by atoms with E-state index in [2.05, 4.69) is 5.32 Å². The van der Waals surface area contributed by atoms with Crippen molar-refractivity contribution in [3.05, 3.63) is 83.1 Å². The van der Waals surface area contributed by atoms with E-state index in [-0.39, 0.29) is 17.8 Å². The molecule has 1 saturated heterocycles. The molecule has 1 aromatic heterocycles. The minimum Gasteiger partial charge on any atom is -0.379 e. The Morgan fingerprint density at radius 3 is 2.68 bits per heavy atom. The van der Waals surface area contributed by atoms with Gasteiger partial charge >= 0.3 is 0 Å². The zero-order chi connectivity index (χ0) is 21.4. The highest BCUT2D eigenvalue weighted by Crippen LogP contribution is 2.34. The first-order chi connectivity index (χ1) is 15.1. The van der Waals surface area contributed by atoms with Crippen molar-refractivity contribution in [1.29, 1.82) is 0 Å². The van der Waals surface area contributed by atoms with E-state index in [1.807, 2.05) is 30.3 Å². The van der Waals surface area contributed by atoms with Crippen LogP contribution in [-0.2, 0) is 4.74 Å². The van der Waals surface area contributed by atoms with Gasteiger partial charge in [0.25, 0.3) is 5.91 Å². The third-order valence-corrected chi connectivity index (χ3v) is 5.74. The Kier molecular flexibility index (Phi) is 5.18. The number of nitrogens with zero attached hydrogens (tertiary/aromatic N) is 2. The van der Waals surface area contributed by atoms with Gasteiger partial charge in [0.15, 0.2) is 0 Å². The lowest BCUT2D eigenvalue weighted by Crippen LogP contribution is -2.34. The molecule has 4 aromatic rings. The molecule has 1 unspecified atom stereocenters. The summed E-state index contributed by atoms with van der Waals surface area (Å²) in [5, 5.41) is 9.22. The van der Waals surface area contributed by atoms with Gasteiger partial charge in [0.1, 0.15) is 11.5 Å². The van der Waals surface area contributed by atoms with E-state index in [9.17, 15) is 9.18 Å². The number of hydrogen-bond donors (Lipinski definition) is 1. The molecule has 31 heavy (non-hydrogen) atoms. The van der Waals surface area contributed by atoms with Gasteiger partial charge in [-0.05, 0) is 55.0 Å². The van der Waals surface area contributed by atoms with E-state index in [1.165, 1.54) is 12.1 Å². The van der Waals surface area contributed by atoms with Crippen LogP contribution < -0.4 is 5.32 Å². The Balaban J connectivity index is 1.64. The second-order valence-electron chi connectivity index (χ2n) is 7.48. The fraction of sp³-hybridized carbons (Fsp3) is 0.167. The highest BCUT2D eigenvalue weighted by atomic mass is 35.5. The number of halogens is 2. The van der Waals surface area contributed by atoms with E-state index in [1.54, 1.807) is 28.9 Å². The predicted octanol–water partition coefficient (Wildman–Crippen LogP) is 5.00. The molecule has 0 saturated carbocycles. The number of carbonyl (C=O) groups excluding carboxylic acids is 1. The molecular formula is C24H19ClFN3O2. The average molecular weight is 436 g/mol. The molecule has 1 amide bonds. The number of rotatable bonds is 4. The lowest BCUT2D eigenvalue weighted by atomic mass is 10.1. The van der Waals surface area contributed by atoms with Crippen LogP contribution in [-0.4, -0.2) is 34.9 Å². The van der Waals surface area contributed by atoms with Crippen molar-refractivity contribution in [3.63, 3.8) is 0 Å². The Labute approximate surface area is 183 Å². The van der Waals surface area contributed by atoms with Crippen molar-refractivity contribution in [2.24, 2.45) is 0 Å². The molecule has 5 nitrogen and oxygen atoms in total. The number of carbonyl (C=O) groups is 1. The van der Waals surface area contributed by atoms with E-state index in [0.29, 0.717) is 35.2 Å².